The Morgan fingerprint density at radius 2 is 1.25 bits per heavy atom. The molecule has 0 radical (unpaired) electrons. The molecule has 2 aromatic heterocycles. The van der Waals surface area contributed by atoms with Crippen molar-refractivity contribution in [2.24, 2.45) is 11.8 Å². The van der Waals surface area contributed by atoms with Crippen LogP contribution in [0.25, 0.3) is 44.5 Å². The number of methoxy groups -OCH3 is 3. The third-order valence-corrected chi connectivity index (χ3v) is 11.9. The number of nitrogens with zero attached hydrogens (tertiary/aromatic N) is 4. The lowest BCUT2D eigenvalue weighted by molar-refractivity contribution is -0.136. The fraction of sp³-hybridized carbons (Fsp3) is 0.447. The smallest absolute Gasteiger partial charge is 0.407 e. The fourth-order valence-corrected chi connectivity index (χ4v) is 8.53. The number of rotatable bonds is 15. The van der Waals surface area contributed by atoms with Gasteiger partial charge < -0.3 is 49.3 Å². The predicted molar refractivity (Wildman–Crippen MR) is 238 cm³/mol. The van der Waals surface area contributed by atoms with Gasteiger partial charge in [-0.2, -0.15) is 0 Å². The number of carbonyl (C=O) groups is 4. The van der Waals surface area contributed by atoms with Crippen LogP contribution in [0.5, 0.6) is 5.75 Å². The van der Waals surface area contributed by atoms with Crippen LogP contribution < -0.4 is 15.4 Å². The van der Waals surface area contributed by atoms with Crippen LogP contribution >= 0.6 is 0 Å². The van der Waals surface area contributed by atoms with Crippen molar-refractivity contribution in [2.75, 3.05) is 47.6 Å². The van der Waals surface area contributed by atoms with Crippen molar-refractivity contribution in [1.29, 1.82) is 0 Å². The molecule has 334 valence electrons. The Hall–Kier alpha value is -6.42. The molecule has 2 aliphatic heterocycles. The molecule has 2 fully saturated rings. The number of H-pyrrole nitrogens is 2. The Bertz CT molecular complexity index is 2410. The number of aromatic amines is 2. The van der Waals surface area contributed by atoms with Crippen LogP contribution in [0.1, 0.15) is 77.1 Å². The SMILES string of the molecule is COCCOc1cc(-c2ccc3nc([C@@H]4CCCN4C(=O)[C@@H](NC(=O)OC)C(C)C)[nH]c3c2)ccc1-c1ccc(-c2cnc([C@@H]3CCCN3C(=O)[C@@H](NC(=O)OC)C(C)C)[nH]2)cc1. The number of fused-ring (bicyclic) bond motifs is 1. The molecule has 2 aliphatic rings. The van der Waals surface area contributed by atoms with Gasteiger partial charge in [0.2, 0.25) is 11.8 Å². The van der Waals surface area contributed by atoms with Gasteiger partial charge in [-0.25, -0.2) is 19.6 Å². The molecule has 5 aromatic rings. The van der Waals surface area contributed by atoms with Crippen LogP contribution in [0.3, 0.4) is 0 Å². The zero-order chi connectivity index (χ0) is 44.8. The van der Waals surface area contributed by atoms with Crippen molar-refractivity contribution < 1.29 is 38.1 Å². The minimum absolute atomic E-state index is 0.121. The fourth-order valence-electron chi connectivity index (χ4n) is 8.53. The first-order valence-electron chi connectivity index (χ1n) is 21.6. The first kappa shape index (κ1) is 44.6. The first-order valence-corrected chi connectivity index (χ1v) is 21.6. The minimum atomic E-state index is -0.712. The number of likely N-dealkylation sites (tertiary alicyclic amines) is 2. The summed E-state index contributed by atoms with van der Waals surface area (Å²) in [6.45, 7) is 9.54. The minimum Gasteiger partial charge on any atom is -0.491 e. The summed E-state index contributed by atoms with van der Waals surface area (Å²) >= 11 is 0. The molecule has 2 saturated heterocycles. The van der Waals surface area contributed by atoms with Crippen LogP contribution in [0, 0.1) is 11.8 Å². The van der Waals surface area contributed by atoms with E-state index < -0.39 is 24.3 Å². The average molecular weight is 863 g/mol. The summed E-state index contributed by atoms with van der Waals surface area (Å²) in [5.41, 5.74) is 7.22. The molecule has 16 nitrogen and oxygen atoms in total. The van der Waals surface area contributed by atoms with E-state index in [1.54, 1.807) is 18.2 Å². The first-order chi connectivity index (χ1) is 30.4. The van der Waals surface area contributed by atoms with Gasteiger partial charge in [0, 0.05) is 25.8 Å². The third kappa shape index (κ3) is 9.80. The Morgan fingerprint density at radius 3 is 1.84 bits per heavy atom. The summed E-state index contributed by atoms with van der Waals surface area (Å²) < 4.78 is 21.2. The van der Waals surface area contributed by atoms with Crippen LogP contribution in [0.15, 0.2) is 66.9 Å². The number of ether oxygens (including phenoxy) is 4. The van der Waals surface area contributed by atoms with Gasteiger partial charge in [-0.3, -0.25) is 9.59 Å². The largest absolute Gasteiger partial charge is 0.491 e. The number of carbonyl (C=O) groups excluding carboxylic acids is 4. The van der Waals surface area contributed by atoms with E-state index >= 15 is 0 Å². The van der Waals surface area contributed by atoms with Crippen LogP contribution in [-0.4, -0.2) is 113 Å². The average Bonchev–Trinajstić information content (AvgIpc) is 4.13. The topological polar surface area (TPSA) is 193 Å². The zero-order valence-corrected chi connectivity index (χ0v) is 37.0. The predicted octanol–water partition coefficient (Wildman–Crippen LogP) is 7.40. The second-order valence-electron chi connectivity index (χ2n) is 16.8. The number of amides is 4. The molecule has 16 heteroatoms. The van der Waals surface area contributed by atoms with Crippen molar-refractivity contribution in [2.45, 2.75) is 77.5 Å². The van der Waals surface area contributed by atoms with E-state index in [2.05, 4.69) is 50.9 Å². The molecule has 4 amide bonds. The third-order valence-electron chi connectivity index (χ3n) is 11.9. The van der Waals surface area contributed by atoms with Gasteiger partial charge in [0.1, 0.15) is 36.1 Å². The van der Waals surface area contributed by atoms with Crippen molar-refractivity contribution in [1.82, 2.24) is 40.4 Å². The molecular formula is C47H58N8O8. The van der Waals surface area contributed by atoms with Crippen molar-refractivity contribution in [3.8, 4) is 39.3 Å². The molecule has 0 spiro atoms. The normalized spacial score (nSPS) is 17.3. The lowest BCUT2D eigenvalue weighted by atomic mass is 9.98. The highest BCUT2D eigenvalue weighted by molar-refractivity contribution is 5.88. The number of aromatic nitrogens is 4. The number of nitrogens with one attached hydrogen (secondary N) is 4. The number of alkyl carbamates (subject to hydrolysis) is 2. The van der Waals surface area contributed by atoms with Crippen LogP contribution in [0.2, 0.25) is 0 Å². The zero-order valence-electron chi connectivity index (χ0n) is 37.0. The number of imidazole rings is 2. The summed E-state index contributed by atoms with van der Waals surface area (Å²) in [7, 11) is 4.22. The Labute approximate surface area is 367 Å². The van der Waals surface area contributed by atoms with Gasteiger partial charge in [-0.05, 0) is 78.0 Å². The lowest BCUT2D eigenvalue weighted by Crippen LogP contribution is -2.51. The molecule has 0 saturated carbocycles. The van der Waals surface area contributed by atoms with E-state index in [1.807, 2.05) is 62.9 Å². The van der Waals surface area contributed by atoms with Crippen molar-refractivity contribution in [3.05, 3.63) is 78.5 Å². The molecule has 4 N–H and O–H groups in total. The van der Waals surface area contributed by atoms with E-state index in [1.165, 1.54) is 14.2 Å². The highest BCUT2D eigenvalue weighted by atomic mass is 16.5. The maximum Gasteiger partial charge on any atom is 0.407 e. The second-order valence-corrected chi connectivity index (χ2v) is 16.8. The molecular weight excluding hydrogens is 805 g/mol. The summed E-state index contributed by atoms with van der Waals surface area (Å²) in [6.07, 6.45) is 3.71. The molecule has 3 aromatic carbocycles. The van der Waals surface area contributed by atoms with Gasteiger partial charge in [0.05, 0.1) is 55.8 Å². The number of hydrogen-bond acceptors (Lipinski definition) is 10. The van der Waals surface area contributed by atoms with Gasteiger partial charge in [-0.15, -0.1) is 0 Å². The molecule has 4 heterocycles. The van der Waals surface area contributed by atoms with E-state index in [0.29, 0.717) is 43.7 Å². The van der Waals surface area contributed by atoms with Crippen LogP contribution in [-0.2, 0) is 23.8 Å². The Balaban J connectivity index is 1.09. The standard InChI is InChI=1S/C47H58N8O8/c1-27(2)40(52-46(58)61-6)44(56)54-20-8-10-37(54)42-48-26-36(51-42)30-14-12-29(13-15-30)33-18-16-32(25-39(33)63-23-22-60-5)31-17-19-34-35(24-31)50-43(49-34)38-11-9-21-55(38)45(57)41(28(3)4)53-47(59)62-7/h12-19,24-28,37-38,40-41H,8-11,20-23H2,1-7H3,(H,48,51)(H,49,50)(H,52,58)(H,53,59)/t37-,38-,40-,41-/m0/s1. The quantitative estimate of drug-likeness (QED) is 0.0771. The van der Waals surface area contributed by atoms with E-state index in [-0.39, 0.29) is 35.7 Å². The van der Waals surface area contributed by atoms with Gasteiger partial charge in [-0.1, -0.05) is 70.2 Å². The summed E-state index contributed by atoms with van der Waals surface area (Å²) in [6, 6.07) is 18.5. The Morgan fingerprint density at radius 1 is 0.698 bits per heavy atom. The molecule has 7 rings (SSSR count). The highest BCUT2D eigenvalue weighted by Gasteiger charge is 2.39. The molecule has 0 unspecified atom stereocenters. The lowest BCUT2D eigenvalue weighted by Gasteiger charge is -2.30. The van der Waals surface area contributed by atoms with E-state index in [4.69, 9.17) is 28.9 Å². The monoisotopic (exact) mass is 862 g/mol. The molecule has 63 heavy (non-hydrogen) atoms. The summed E-state index contributed by atoms with van der Waals surface area (Å²) in [5, 5.41) is 5.41. The molecule has 0 aliphatic carbocycles. The van der Waals surface area contributed by atoms with Crippen molar-refractivity contribution in [3.63, 3.8) is 0 Å². The number of hydrogen-bond donors (Lipinski definition) is 4. The van der Waals surface area contributed by atoms with Gasteiger partial charge in [0.15, 0.2) is 0 Å². The van der Waals surface area contributed by atoms with Crippen molar-refractivity contribution >= 4 is 35.0 Å². The van der Waals surface area contributed by atoms with Crippen LogP contribution in [0.4, 0.5) is 9.59 Å². The molecule has 4 atom stereocenters. The summed E-state index contributed by atoms with van der Waals surface area (Å²) in [5.74, 6) is 1.57. The van der Waals surface area contributed by atoms with Gasteiger partial charge in [0.25, 0.3) is 0 Å². The highest BCUT2D eigenvalue weighted by Crippen LogP contribution is 2.38. The second kappa shape index (κ2) is 19.7. The van der Waals surface area contributed by atoms with Gasteiger partial charge >= 0.3 is 12.2 Å². The number of benzene rings is 3. The molecule has 0 bridgehead atoms. The maximum absolute atomic E-state index is 13.7. The van der Waals surface area contributed by atoms with E-state index in [0.717, 1.165) is 70.2 Å². The Kier molecular flexibility index (Phi) is 14.0. The summed E-state index contributed by atoms with van der Waals surface area (Å²) in [4.78, 5) is 71.6. The maximum atomic E-state index is 13.7. The van der Waals surface area contributed by atoms with E-state index in [9.17, 15) is 19.2 Å².